The first kappa shape index (κ1) is 69.3. The molecule has 5 saturated heterocycles. The quantitative estimate of drug-likeness (QED) is 0.0607. The van der Waals surface area contributed by atoms with Gasteiger partial charge in [0.05, 0.1) is 39.1 Å². The zero-order valence-corrected chi connectivity index (χ0v) is 51.6. The van der Waals surface area contributed by atoms with E-state index in [9.17, 15) is 75.7 Å². The third kappa shape index (κ3) is 13.7. The smallest absolute Gasteiger partial charge is 0.217 e. The second-order valence-corrected chi connectivity index (χ2v) is 27.3. The Morgan fingerprint density at radius 2 is 1.20 bits per heavy atom. The minimum Gasteiger partial charge on any atom is -0.394 e. The molecule has 0 aromatic rings. The number of allylic oxidation sites excluding steroid dienone is 6. The summed E-state index contributed by atoms with van der Waals surface area (Å²) in [6, 6.07) is -3.02. The average Bonchev–Trinajstić information content (AvgIpc) is 1.34. The molecule has 7 fully saturated rings. The normalized spacial score (nSPS) is 47.0. The molecule has 5 heterocycles. The van der Waals surface area contributed by atoms with E-state index in [1.807, 2.05) is 13.8 Å². The van der Waals surface area contributed by atoms with Gasteiger partial charge in [-0.25, -0.2) is 0 Å². The Kier molecular flexibility index (Phi) is 22.0. The minimum absolute atomic E-state index is 0.0114. The second-order valence-electron chi connectivity index (χ2n) is 27.3. The molecule has 0 spiro atoms. The molecule has 30 atom stereocenters. The van der Waals surface area contributed by atoms with Crippen LogP contribution in [0.25, 0.3) is 0 Å². The molecule has 0 radical (unpaired) electrons. The SMILES string of the molecule is CC(=O)NC1C(O)[C@H](O)C(CO[C@@H]2OC[C@@H](O)C(O)C2O[C@@H]2OC(CO)[C@@H](O)C(O)C2O)O[C@H]1OC1C(O)[C@H](O[C@@H]2OC(CO)[C@H](O)C(O)C2NC(C)=O)CO[C@H]1O[C@H]1CC[C@]2(C)C3=CC[C@]4(C)[C@@H]([C@H](C)CC(=O)C=C(C)C)CC[C@H]4C3=CC[C@H]2C1(C)C. The Balaban J connectivity index is 0.975. The Morgan fingerprint density at radius 1 is 0.636 bits per heavy atom. The van der Waals surface area contributed by atoms with Gasteiger partial charge >= 0.3 is 0 Å². The maximum absolute atomic E-state index is 13.0. The van der Waals surface area contributed by atoms with Crippen molar-refractivity contribution >= 4 is 17.6 Å². The Morgan fingerprint density at radius 3 is 1.83 bits per heavy atom. The van der Waals surface area contributed by atoms with E-state index in [1.165, 1.54) is 11.1 Å². The van der Waals surface area contributed by atoms with Crippen molar-refractivity contribution in [2.45, 2.75) is 255 Å². The predicted octanol–water partition coefficient (Wildman–Crippen LogP) is -2.27. The van der Waals surface area contributed by atoms with E-state index in [-0.39, 0.29) is 28.4 Å². The van der Waals surface area contributed by atoms with Crippen LogP contribution in [0.5, 0.6) is 0 Å². The van der Waals surface area contributed by atoms with Gasteiger partial charge < -0.3 is 119 Å². The van der Waals surface area contributed by atoms with E-state index >= 15 is 0 Å². The summed E-state index contributed by atoms with van der Waals surface area (Å²) < 4.78 is 61.6. The first-order valence-corrected chi connectivity index (χ1v) is 31.0. The minimum atomic E-state index is -1.93. The van der Waals surface area contributed by atoms with Crippen LogP contribution in [0.15, 0.2) is 34.9 Å². The van der Waals surface area contributed by atoms with Crippen LogP contribution < -0.4 is 10.6 Å². The van der Waals surface area contributed by atoms with Crippen molar-refractivity contribution in [3.63, 3.8) is 0 Å². The molecule has 500 valence electrons. The number of fused-ring (bicyclic) bond motifs is 5. The standard InChI is InChI=1S/C61H96N2O25/c1-25(2)18-29(68)19-26(3)31-11-12-32-30-10-13-39-59(6,7)40(15-17-61(39,9)33(30)14-16-60(31,32)8)86-58-53(47(74)38(24-81-58)85-54-41(62-27(4)66)48(75)44(71)35(20-64)82-54)87-55-42(63-28(5)67)49(76)46(73)37(84-55)23-80-57-52(43(70)34(69)22-79-57)88-56-51(78)50(77)45(72)36(21-65)83-56/h10,14,18,26,31-32,34-58,64-65,69-78H,11-13,15-17,19-24H2,1-9H3,(H,62,66)(H,63,67)/t26-,31-,32+,34-,35?,36?,37?,38-,39+,40+,41?,42?,43?,44+,45-,46-,47?,48?,49?,50?,51?,52?,53?,54+,55+,56+,57+,58+,60-,61-/m1/s1. The summed E-state index contributed by atoms with van der Waals surface area (Å²) in [6.45, 7) is 14.2. The predicted molar refractivity (Wildman–Crippen MR) is 303 cm³/mol. The van der Waals surface area contributed by atoms with Crippen LogP contribution in [0.2, 0.25) is 0 Å². The van der Waals surface area contributed by atoms with Crippen molar-refractivity contribution in [3.8, 4) is 0 Å². The van der Waals surface area contributed by atoms with E-state index < -0.39 is 198 Å². The first-order valence-electron chi connectivity index (χ1n) is 31.0. The molecule has 13 unspecified atom stereocenters. The van der Waals surface area contributed by atoms with Crippen LogP contribution in [-0.2, 0) is 61.8 Å². The topological polar surface area (TPSA) is 410 Å². The van der Waals surface area contributed by atoms with Gasteiger partial charge in [-0.15, -0.1) is 0 Å². The van der Waals surface area contributed by atoms with Gasteiger partial charge in [-0.2, -0.15) is 0 Å². The summed E-state index contributed by atoms with van der Waals surface area (Å²) >= 11 is 0. The average molecular weight is 1260 g/mol. The second kappa shape index (κ2) is 27.9. The van der Waals surface area contributed by atoms with E-state index in [1.54, 1.807) is 6.08 Å². The molecule has 9 aliphatic rings. The molecule has 4 aliphatic carbocycles. The lowest BCUT2D eigenvalue weighted by Gasteiger charge is -2.60. The summed E-state index contributed by atoms with van der Waals surface area (Å²) in [5, 5.41) is 136. The lowest BCUT2D eigenvalue weighted by Crippen LogP contribution is -2.68. The fraction of sp³-hybridized carbons (Fsp3) is 0.852. The molecule has 2 saturated carbocycles. The Labute approximate surface area is 512 Å². The third-order valence-electron chi connectivity index (χ3n) is 20.7. The Bertz CT molecular complexity index is 2530. The zero-order valence-electron chi connectivity index (χ0n) is 51.6. The van der Waals surface area contributed by atoms with Gasteiger partial charge in [0.1, 0.15) is 110 Å². The maximum atomic E-state index is 13.0. The number of hydrogen-bond donors (Lipinski definition) is 14. The number of ether oxygens (including phenoxy) is 10. The monoisotopic (exact) mass is 1260 g/mol. The maximum Gasteiger partial charge on any atom is 0.217 e. The highest BCUT2D eigenvalue weighted by atomic mass is 16.8. The molecule has 88 heavy (non-hydrogen) atoms. The van der Waals surface area contributed by atoms with Gasteiger partial charge in [0.15, 0.2) is 37.2 Å². The van der Waals surface area contributed by atoms with Crippen LogP contribution >= 0.6 is 0 Å². The summed E-state index contributed by atoms with van der Waals surface area (Å²) in [6.07, 6.45) is -24.1. The number of ketones is 1. The number of nitrogens with one attached hydrogen (secondary N) is 2. The van der Waals surface area contributed by atoms with Crippen molar-refractivity contribution in [2.75, 3.05) is 33.0 Å². The van der Waals surface area contributed by atoms with E-state index in [0.717, 1.165) is 45.1 Å². The summed E-state index contributed by atoms with van der Waals surface area (Å²) in [5.74, 6) is -0.208. The fourth-order valence-electron chi connectivity index (χ4n) is 16.0. The molecule has 5 aliphatic heterocycles. The highest BCUT2D eigenvalue weighted by Crippen LogP contribution is 2.67. The number of carbonyl (C=O) groups is 3. The van der Waals surface area contributed by atoms with Gasteiger partial charge in [-0.1, -0.05) is 52.3 Å². The summed E-state index contributed by atoms with van der Waals surface area (Å²) in [5.41, 5.74) is 2.87. The molecule has 27 heteroatoms. The lowest BCUT2D eigenvalue weighted by molar-refractivity contribution is -0.374. The number of carbonyl (C=O) groups excluding carboxylic acids is 3. The van der Waals surface area contributed by atoms with Gasteiger partial charge in [-0.05, 0) is 110 Å². The van der Waals surface area contributed by atoms with Gasteiger partial charge in [-0.3, -0.25) is 14.4 Å². The van der Waals surface area contributed by atoms with Crippen molar-refractivity contribution < 1.29 is 123 Å². The van der Waals surface area contributed by atoms with Crippen molar-refractivity contribution in [1.82, 2.24) is 10.6 Å². The van der Waals surface area contributed by atoms with Crippen molar-refractivity contribution in [1.29, 1.82) is 0 Å². The molecule has 14 N–H and O–H groups in total. The van der Waals surface area contributed by atoms with Crippen LogP contribution in [-0.4, -0.2) is 259 Å². The summed E-state index contributed by atoms with van der Waals surface area (Å²) in [4.78, 5) is 38.3. The number of hydrogen-bond acceptors (Lipinski definition) is 25. The molecular weight excluding hydrogens is 1160 g/mol. The molecule has 9 rings (SSSR count). The van der Waals surface area contributed by atoms with Crippen LogP contribution in [0.3, 0.4) is 0 Å². The van der Waals surface area contributed by atoms with E-state index in [0.29, 0.717) is 31.1 Å². The molecular formula is C61H96N2O25. The largest absolute Gasteiger partial charge is 0.394 e. The summed E-state index contributed by atoms with van der Waals surface area (Å²) in [7, 11) is 0. The molecule has 27 nitrogen and oxygen atoms in total. The van der Waals surface area contributed by atoms with E-state index in [2.05, 4.69) is 57.4 Å². The number of aliphatic hydroxyl groups excluding tert-OH is 12. The first-order chi connectivity index (χ1) is 41.4. The number of amides is 2. The van der Waals surface area contributed by atoms with Crippen molar-refractivity contribution in [3.05, 3.63) is 34.9 Å². The van der Waals surface area contributed by atoms with E-state index in [4.69, 9.17) is 47.4 Å². The third-order valence-corrected chi connectivity index (χ3v) is 20.7. The number of aliphatic hydroxyl groups is 12. The Hall–Kier alpha value is -3.05. The van der Waals surface area contributed by atoms with Gasteiger partial charge in [0.25, 0.3) is 0 Å². The van der Waals surface area contributed by atoms with Gasteiger partial charge in [0.2, 0.25) is 11.8 Å². The van der Waals surface area contributed by atoms with Gasteiger partial charge in [0, 0.05) is 20.3 Å². The van der Waals surface area contributed by atoms with Crippen LogP contribution in [0, 0.1) is 39.9 Å². The fourth-order valence-corrected chi connectivity index (χ4v) is 16.0. The zero-order chi connectivity index (χ0) is 64.2. The molecule has 0 aromatic heterocycles. The molecule has 0 bridgehead atoms. The highest BCUT2D eigenvalue weighted by Gasteiger charge is 2.61. The van der Waals surface area contributed by atoms with Crippen LogP contribution in [0.1, 0.15) is 107 Å². The molecule has 0 aromatic carbocycles. The van der Waals surface area contributed by atoms with Crippen molar-refractivity contribution in [2.24, 2.45) is 39.9 Å². The number of rotatable bonds is 19. The molecule has 2 amide bonds. The lowest BCUT2D eigenvalue weighted by atomic mass is 9.46. The van der Waals surface area contributed by atoms with Crippen LogP contribution in [0.4, 0.5) is 0 Å². The highest BCUT2D eigenvalue weighted by molar-refractivity contribution is 5.90.